The van der Waals surface area contributed by atoms with Gasteiger partial charge in [0.05, 0.1) is 5.69 Å². The van der Waals surface area contributed by atoms with E-state index >= 15 is 0 Å². The molecule has 1 aliphatic carbocycles. The molecule has 130 valence electrons. The second-order valence-corrected chi connectivity index (χ2v) is 6.90. The molecule has 5 nitrogen and oxygen atoms in total. The van der Waals surface area contributed by atoms with Gasteiger partial charge in [-0.15, -0.1) is 0 Å². The zero-order valence-corrected chi connectivity index (χ0v) is 14.5. The summed E-state index contributed by atoms with van der Waals surface area (Å²) in [6.45, 7) is 2.56. The van der Waals surface area contributed by atoms with Crippen LogP contribution < -0.4 is 5.32 Å². The van der Waals surface area contributed by atoms with E-state index in [9.17, 15) is 4.79 Å². The highest BCUT2D eigenvalue weighted by Crippen LogP contribution is 2.18. The largest absolute Gasteiger partial charge is 0.335 e. The maximum absolute atomic E-state index is 12.4. The Morgan fingerprint density at radius 1 is 1.29 bits per heavy atom. The van der Waals surface area contributed by atoms with Gasteiger partial charge in [-0.3, -0.25) is 9.88 Å². The van der Waals surface area contributed by atoms with Gasteiger partial charge < -0.3 is 10.2 Å². The zero-order chi connectivity index (χ0) is 16.8. The maximum atomic E-state index is 12.4. The molecular formula is C19H28N4O. The highest BCUT2D eigenvalue weighted by atomic mass is 16.2. The van der Waals surface area contributed by atoms with Crippen LogP contribution >= 0.6 is 0 Å². The Balaban J connectivity index is 1.48. The lowest BCUT2D eigenvalue weighted by Crippen LogP contribution is -2.44. The molecule has 1 N–H and O–H groups in total. The van der Waals surface area contributed by atoms with Crippen LogP contribution in [0.3, 0.4) is 0 Å². The van der Waals surface area contributed by atoms with E-state index in [1.165, 1.54) is 0 Å². The lowest BCUT2D eigenvalue weighted by Gasteiger charge is -2.27. The van der Waals surface area contributed by atoms with E-state index in [1.54, 1.807) is 0 Å². The van der Waals surface area contributed by atoms with Gasteiger partial charge >= 0.3 is 6.03 Å². The molecule has 0 unspecified atom stereocenters. The number of rotatable bonds is 4. The molecule has 0 bridgehead atoms. The summed E-state index contributed by atoms with van der Waals surface area (Å²) in [5.41, 5.74) is 1.10. The van der Waals surface area contributed by atoms with Crippen molar-refractivity contribution in [3.05, 3.63) is 42.2 Å². The van der Waals surface area contributed by atoms with E-state index in [0.717, 1.165) is 57.4 Å². The summed E-state index contributed by atoms with van der Waals surface area (Å²) >= 11 is 0. The standard InChI is InChI=1S/C19H28N4O/c1-22(15-17-9-4-5-12-20-17)18-10-6-13-23(14-11-18)19(24)21-16-7-2-3-8-16/h2-5,9,12,16,18H,6-8,10-11,13-15H2,1H3,(H,21,24)/t18-/m0/s1. The van der Waals surface area contributed by atoms with Crippen LogP contribution in [0, 0.1) is 0 Å². The fourth-order valence-electron chi connectivity index (χ4n) is 3.60. The van der Waals surface area contributed by atoms with Crippen molar-refractivity contribution in [1.82, 2.24) is 20.1 Å². The van der Waals surface area contributed by atoms with Gasteiger partial charge in [-0.05, 0) is 51.3 Å². The Morgan fingerprint density at radius 2 is 2.12 bits per heavy atom. The van der Waals surface area contributed by atoms with Crippen molar-refractivity contribution >= 4 is 6.03 Å². The number of aromatic nitrogens is 1. The Hall–Kier alpha value is -1.88. The molecule has 0 spiro atoms. The fraction of sp³-hybridized carbons (Fsp3) is 0.579. The van der Waals surface area contributed by atoms with E-state index in [1.807, 2.05) is 23.2 Å². The summed E-state index contributed by atoms with van der Waals surface area (Å²) in [6.07, 6.45) is 11.3. The number of amides is 2. The second kappa shape index (κ2) is 8.29. The highest BCUT2D eigenvalue weighted by molar-refractivity contribution is 5.74. The summed E-state index contributed by atoms with van der Waals surface area (Å²) in [7, 11) is 2.17. The van der Waals surface area contributed by atoms with Gasteiger partial charge in [0.1, 0.15) is 0 Å². The molecule has 1 fully saturated rings. The minimum atomic E-state index is 0.108. The molecule has 0 saturated carbocycles. The number of urea groups is 1. The molecule has 1 saturated heterocycles. The van der Waals surface area contributed by atoms with Crippen molar-refractivity contribution < 1.29 is 4.79 Å². The molecule has 2 amide bonds. The summed E-state index contributed by atoms with van der Waals surface area (Å²) in [6, 6.07) is 6.97. The Morgan fingerprint density at radius 3 is 2.88 bits per heavy atom. The smallest absolute Gasteiger partial charge is 0.317 e. The molecule has 0 aromatic carbocycles. The summed E-state index contributed by atoms with van der Waals surface area (Å²) in [4.78, 5) is 21.2. The molecule has 2 aliphatic rings. The van der Waals surface area contributed by atoms with E-state index in [0.29, 0.717) is 12.1 Å². The first kappa shape index (κ1) is 17.0. The number of hydrogen-bond donors (Lipinski definition) is 1. The molecule has 1 aromatic rings. The van der Waals surface area contributed by atoms with Crippen molar-refractivity contribution in [1.29, 1.82) is 0 Å². The van der Waals surface area contributed by atoms with Crippen LogP contribution in [-0.2, 0) is 6.54 Å². The van der Waals surface area contributed by atoms with Crippen LogP contribution in [0.1, 0.15) is 37.8 Å². The quantitative estimate of drug-likeness (QED) is 0.865. The third-order valence-electron chi connectivity index (χ3n) is 5.08. The van der Waals surface area contributed by atoms with Gasteiger partial charge in [0, 0.05) is 37.9 Å². The minimum Gasteiger partial charge on any atom is -0.335 e. The number of hydrogen-bond acceptors (Lipinski definition) is 3. The van der Waals surface area contributed by atoms with Crippen molar-refractivity contribution in [2.24, 2.45) is 0 Å². The summed E-state index contributed by atoms with van der Waals surface area (Å²) in [5.74, 6) is 0. The van der Waals surface area contributed by atoms with Crippen molar-refractivity contribution in [3.8, 4) is 0 Å². The summed E-state index contributed by atoms with van der Waals surface area (Å²) in [5, 5.41) is 3.16. The van der Waals surface area contributed by atoms with Crippen LogP contribution in [-0.4, -0.2) is 53.0 Å². The van der Waals surface area contributed by atoms with E-state index in [-0.39, 0.29) is 6.03 Å². The molecule has 1 aliphatic heterocycles. The maximum Gasteiger partial charge on any atom is 0.317 e. The Labute approximate surface area is 144 Å². The first-order valence-corrected chi connectivity index (χ1v) is 9.03. The lowest BCUT2D eigenvalue weighted by molar-refractivity contribution is 0.188. The average molecular weight is 328 g/mol. The van der Waals surface area contributed by atoms with Gasteiger partial charge in [-0.1, -0.05) is 18.2 Å². The van der Waals surface area contributed by atoms with Gasteiger partial charge in [0.15, 0.2) is 0 Å². The minimum absolute atomic E-state index is 0.108. The van der Waals surface area contributed by atoms with Gasteiger partial charge in [0.25, 0.3) is 0 Å². The predicted molar refractivity (Wildman–Crippen MR) is 95.6 cm³/mol. The lowest BCUT2D eigenvalue weighted by atomic mass is 10.1. The van der Waals surface area contributed by atoms with E-state index in [4.69, 9.17) is 0 Å². The van der Waals surface area contributed by atoms with Crippen LogP contribution in [0.5, 0.6) is 0 Å². The van der Waals surface area contributed by atoms with Crippen molar-refractivity contribution in [2.75, 3.05) is 20.1 Å². The number of carbonyl (C=O) groups excluding carboxylic acids is 1. The monoisotopic (exact) mass is 328 g/mol. The molecular weight excluding hydrogens is 300 g/mol. The van der Waals surface area contributed by atoms with Crippen LogP contribution in [0.25, 0.3) is 0 Å². The topological polar surface area (TPSA) is 48.5 Å². The second-order valence-electron chi connectivity index (χ2n) is 6.90. The summed E-state index contributed by atoms with van der Waals surface area (Å²) < 4.78 is 0. The normalized spacial score (nSPS) is 21.9. The fourth-order valence-corrected chi connectivity index (χ4v) is 3.60. The number of carbonyl (C=O) groups is 1. The molecule has 0 radical (unpaired) electrons. The molecule has 1 aromatic heterocycles. The highest BCUT2D eigenvalue weighted by Gasteiger charge is 2.24. The molecule has 5 heteroatoms. The third-order valence-corrected chi connectivity index (χ3v) is 5.08. The number of nitrogens with zero attached hydrogens (tertiary/aromatic N) is 3. The Kier molecular flexibility index (Phi) is 5.86. The average Bonchev–Trinajstić information content (AvgIpc) is 2.96. The van der Waals surface area contributed by atoms with Crippen LogP contribution in [0.4, 0.5) is 4.79 Å². The zero-order valence-electron chi connectivity index (χ0n) is 14.5. The van der Waals surface area contributed by atoms with Crippen molar-refractivity contribution in [2.45, 2.75) is 50.7 Å². The van der Waals surface area contributed by atoms with Crippen molar-refractivity contribution in [3.63, 3.8) is 0 Å². The number of nitrogens with one attached hydrogen (secondary N) is 1. The van der Waals surface area contributed by atoms with E-state index in [2.05, 4.69) is 40.5 Å². The number of likely N-dealkylation sites (tertiary alicyclic amines) is 1. The SMILES string of the molecule is CN(Cc1ccccn1)[C@H]1CCCN(C(=O)NC2CC=CC2)CC1. The van der Waals surface area contributed by atoms with Gasteiger partial charge in [-0.2, -0.15) is 0 Å². The van der Waals surface area contributed by atoms with Gasteiger partial charge in [0.2, 0.25) is 0 Å². The first-order chi connectivity index (χ1) is 11.7. The van der Waals surface area contributed by atoms with Crippen LogP contribution in [0.15, 0.2) is 36.5 Å². The molecule has 3 rings (SSSR count). The first-order valence-electron chi connectivity index (χ1n) is 9.03. The van der Waals surface area contributed by atoms with Gasteiger partial charge in [-0.25, -0.2) is 4.79 Å². The number of pyridine rings is 1. The predicted octanol–water partition coefficient (Wildman–Crippen LogP) is 2.80. The van der Waals surface area contributed by atoms with E-state index < -0.39 is 0 Å². The Bertz CT molecular complexity index is 552. The third kappa shape index (κ3) is 4.57. The molecule has 24 heavy (non-hydrogen) atoms. The molecule has 2 heterocycles. The van der Waals surface area contributed by atoms with Crippen LogP contribution in [0.2, 0.25) is 0 Å². The molecule has 1 atom stereocenters.